The quantitative estimate of drug-likeness (QED) is 0.661. The first-order chi connectivity index (χ1) is 13.7. The van der Waals surface area contributed by atoms with Crippen LogP contribution < -0.4 is 10.9 Å². The highest BCUT2D eigenvalue weighted by atomic mass is 32.1. The number of aromatic nitrogens is 3. The summed E-state index contributed by atoms with van der Waals surface area (Å²) in [4.78, 5) is 38.3. The number of ketones is 1. The summed E-state index contributed by atoms with van der Waals surface area (Å²) in [5.74, 6) is -0.449. The van der Waals surface area contributed by atoms with Gasteiger partial charge >= 0.3 is 0 Å². The van der Waals surface area contributed by atoms with Crippen molar-refractivity contribution in [1.82, 2.24) is 15.0 Å². The molecule has 0 unspecified atom stereocenters. The fourth-order valence-electron chi connectivity index (χ4n) is 3.32. The number of hydrogen-bond acceptors (Lipinski definition) is 7. The number of thiophene rings is 1. The summed E-state index contributed by atoms with van der Waals surface area (Å²) in [5.41, 5.74) is 1.35. The second-order valence-corrected chi connectivity index (χ2v) is 8.73. The van der Waals surface area contributed by atoms with Crippen molar-refractivity contribution in [2.45, 2.75) is 45.9 Å². The maximum Gasteiger partial charge on any atom is 0.279 e. The summed E-state index contributed by atoms with van der Waals surface area (Å²) in [5, 5.41) is 11.3. The average Bonchev–Trinajstić information content (AvgIpc) is 3.01. The number of rotatable bonds is 4. The molecule has 4 rings (SSSR count). The number of carbonyl (C=O) groups excluding carboxylic acids is 2. The minimum absolute atomic E-state index is 0.0503. The van der Waals surface area contributed by atoms with E-state index in [1.165, 1.54) is 18.3 Å². The molecule has 9 heteroatoms. The summed E-state index contributed by atoms with van der Waals surface area (Å²) >= 11 is 1.41. The molecule has 3 aromatic rings. The van der Waals surface area contributed by atoms with E-state index >= 15 is 0 Å². The van der Waals surface area contributed by atoms with Crippen molar-refractivity contribution in [2.75, 3.05) is 5.32 Å². The van der Waals surface area contributed by atoms with Crippen molar-refractivity contribution >= 4 is 38.9 Å². The first kappa shape index (κ1) is 19.4. The van der Waals surface area contributed by atoms with Crippen LogP contribution in [-0.4, -0.2) is 32.3 Å². The van der Waals surface area contributed by atoms with Crippen molar-refractivity contribution in [2.24, 2.45) is 0 Å². The molecule has 0 radical (unpaired) electrons. The molecule has 1 N–H and O–H groups in total. The summed E-state index contributed by atoms with van der Waals surface area (Å²) in [6, 6.07) is 6.56. The van der Waals surface area contributed by atoms with Gasteiger partial charge in [0.15, 0.2) is 10.6 Å². The number of amides is 1. The number of nitrogens with zero attached hydrogens (tertiary/aromatic N) is 3. The standard InChI is InChI=1S/C20H20N4O4S/c1-11(25)12-4-6-13(7-5-12)21-16(26)9-24-19(27)17-14-8-20(2,3)28-10-15(14)29-18(17)22-23-24/h4-7H,8-10H2,1-3H3,(H,21,26). The van der Waals surface area contributed by atoms with E-state index in [9.17, 15) is 14.4 Å². The Morgan fingerprint density at radius 2 is 2.00 bits per heavy atom. The molecule has 3 heterocycles. The van der Waals surface area contributed by atoms with Gasteiger partial charge in [-0.05, 0) is 50.6 Å². The topological polar surface area (TPSA) is 103 Å². The molecule has 0 aliphatic carbocycles. The number of anilines is 1. The third-order valence-electron chi connectivity index (χ3n) is 4.83. The fraction of sp³-hybridized carbons (Fsp3) is 0.350. The maximum atomic E-state index is 13.0. The Bertz CT molecular complexity index is 1180. The highest BCUT2D eigenvalue weighted by Gasteiger charge is 2.31. The molecule has 1 amide bonds. The molecule has 1 aliphatic rings. The van der Waals surface area contributed by atoms with Crippen LogP contribution in [0.15, 0.2) is 29.1 Å². The van der Waals surface area contributed by atoms with Gasteiger partial charge in [0.2, 0.25) is 5.91 Å². The van der Waals surface area contributed by atoms with E-state index in [4.69, 9.17) is 4.74 Å². The lowest BCUT2D eigenvalue weighted by Crippen LogP contribution is -2.33. The minimum Gasteiger partial charge on any atom is -0.370 e. The van der Waals surface area contributed by atoms with Gasteiger partial charge in [0, 0.05) is 22.5 Å². The van der Waals surface area contributed by atoms with Crippen LogP contribution in [-0.2, 0) is 29.1 Å². The summed E-state index contributed by atoms with van der Waals surface area (Å²) in [7, 11) is 0. The van der Waals surface area contributed by atoms with Crippen LogP contribution in [0.5, 0.6) is 0 Å². The highest BCUT2D eigenvalue weighted by Crippen LogP contribution is 2.36. The lowest BCUT2D eigenvalue weighted by molar-refractivity contribution is -0.117. The number of fused-ring (bicyclic) bond motifs is 3. The summed E-state index contributed by atoms with van der Waals surface area (Å²) in [6.45, 7) is 5.64. The van der Waals surface area contributed by atoms with E-state index in [1.807, 2.05) is 13.8 Å². The Morgan fingerprint density at radius 1 is 1.28 bits per heavy atom. The van der Waals surface area contributed by atoms with Gasteiger partial charge in [0.1, 0.15) is 6.54 Å². The SMILES string of the molecule is CC(=O)c1ccc(NC(=O)Cn2nnc3sc4c(c3c2=O)CC(C)(C)OC4)cc1. The molecular weight excluding hydrogens is 392 g/mol. The predicted octanol–water partition coefficient (Wildman–Crippen LogP) is 2.55. The Kier molecular flexibility index (Phi) is 4.79. The Balaban J connectivity index is 1.58. The molecule has 2 aromatic heterocycles. The first-order valence-corrected chi connectivity index (χ1v) is 9.98. The van der Waals surface area contributed by atoms with Gasteiger partial charge in [-0.25, -0.2) is 4.68 Å². The van der Waals surface area contributed by atoms with Crippen LogP contribution in [0.1, 0.15) is 41.6 Å². The van der Waals surface area contributed by atoms with Crippen LogP contribution >= 0.6 is 11.3 Å². The molecule has 0 atom stereocenters. The molecule has 150 valence electrons. The summed E-state index contributed by atoms with van der Waals surface area (Å²) < 4.78 is 6.89. The Labute approximate surface area is 170 Å². The normalized spacial score (nSPS) is 15.1. The highest BCUT2D eigenvalue weighted by molar-refractivity contribution is 7.18. The Morgan fingerprint density at radius 3 is 2.69 bits per heavy atom. The number of Topliss-reactive ketones (excluding diaryl/α,β-unsaturated/α-hetero) is 1. The molecule has 0 bridgehead atoms. The minimum atomic E-state index is -0.399. The van der Waals surface area contributed by atoms with Crippen molar-refractivity contribution in [3.8, 4) is 0 Å². The second kappa shape index (κ2) is 7.16. The van der Waals surface area contributed by atoms with Gasteiger partial charge in [-0.2, -0.15) is 0 Å². The van der Waals surface area contributed by atoms with Gasteiger partial charge in [-0.15, -0.1) is 16.4 Å². The van der Waals surface area contributed by atoms with E-state index < -0.39 is 5.91 Å². The van der Waals surface area contributed by atoms with Gasteiger partial charge in [0.05, 0.1) is 17.6 Å². The molecule has 0 spiro atoms. The van der Waals surface area contributed by atoms with Crippen LogP contribution in [0.25, 0.3) is 10.2 Å². The molecule has 1 aromatic carbocycles. The fourth-order valence-corrected chi connectivity index (χ4v) is 4.36. The molecule has 29 heavy (non-hydrogen) atoms. The predicted molar refractivity (Wildman–Crippen MR) is 109 cm³/mol. The lowest BCUT2D eigenvalue weighted by atomic mass is 9.94. The van der Waals surface area contributed by atoms with Crippen LogP contribution in [0.2, 0.25) is 0 Å². The number of carbonyl (C=O) groups is 2. The van der Waals surface area contributed by atoms with Gasteiger partial charge in [0.25, 0.3) is 5.56 Å². The molecule has 8 nitrogen and oxygen atoms in total. The van der Waals surface area contributed by atoms with E-state index in [1.54, 1.807) is 24.3 Å². The first-order valence-electron chi connectivity index (χ1n) is 9.16. The molecule has 0 saturated heterocycles. The molecule has 1 aliphatic heterocycles. The zero-order valence-corrected chi connectivity index (χ0v) is 17.1. The molecule has 0 saturated carbocycles. The van der Waals surface area contributed by atoms with E-state index in [-0.39, 0.29) is 23.5 Å². The molecule has 0 fully saturated rings. The van der Waals surface area contributed by atoms with Crippen LogP contribution in [0, 0.1) is 0 Å². The largest absolute Gasteiger partial charge is 0.370 e. The third kappa shape index (κ3) is 3.83. The zero-order valence-electron chi connectivity index (χ0n) is 16.3. The lowest BCUT2D eigenvalue weighted by Gasteiger charge is -2.29. The van der Waals surface area contributed by atoms with Crippen LogP contribution in [0.3, 0.4) is 0 Å². The van der Waals surface area contributed by atoms with Gasteiger partial charge in [-0.1, -0.05) is 5.21 Å². The second-order valence-electron chi connectivity index (χ2n) is 7.64. The number of nitrogens with one attached hydrogen (secondary N) is 1. The Hall–Kier alpha value is -2.91. The van der Waals surface area contributed by atoms with E-state index in [2.05, 4.69) is 15.6 Å². The van der Waals surface area contributed by atoms with Crippen LogP contribution in [0.4, 0.5) is 5.69 Å². The smallest absolute Gasteiger partial charge is 0.279 e. The van der Waals surface area contributed by atoms with E-state index in [0.29, 0.717) is 34.5 Å². The number of ether oxygens (including phenoxy) is 1. The monoisotopic (exact) mass is 412 g/mol. The summed E-state index contributed by atoms with van der Waals surface area (Å²) in [6.07, 6.45) is 0.609. The number of benzene rings is 1. The van der Waals surface area contributed by atoms with Crippen molar-refractivity contribution in [1.29, 1.82) is 0 Å². The van der Waals surface area contributed by atoms with Crippen molar-refractivity contribution < 1.29 is 14.3 Å². The van der Waals surface area contributed by atoms with Crippen molar-refractivity contribution in [3.05, 3.63) is 50.6 Å². The molecular formula is C20H20N4O4S. The van der Waals surface area contributed by atoms with Gasteiger partial charge < -0.3 is 10.1 Å². The third-order valence-corrected chi connectivity index (χ3v) is 5.92. The van der Waals surface area contributed by atoms with Gasteiger partial charge in [-0.3, -0.25) is 14.4 Å². The van der Waals surface area contributed by atoms with E-state index in [0.717, 1.165) is 15.1 Å². The average molecular weight is 412 g/mol. The maximum absolute atomic E-state index is 13.0. The number of hydrogen-bond donors (Lipinski definition) is 1. The van der Waals surface area contributed by atoms with Crippen molar-refractivity contribution in [3.63, 3.8) is 0 Å². The zero-order chi connectivity index (χ0) is 20.8.